The van der Waals surface area contributed by atoms with E-state index in [2.05, 4.69) is 21.8 Å². The van der Waals surface area contributed by atoms with Gasteiger partial charge in [-0.25, -0.2) is 9.00 Å². The zero-order valence-electron chi connectivity index (χ0n) is 19.4. The van der Waals surface area contributed by atoms with Gasteiger partial charge in [0.15, 0.2) is 17.2 Å². The summed E-state index contributed by atoms with van der Waals surface area (Å²) in [7, 11) is -1.65. The number of carbonyl (C=O) groups excluding carboxylic acids is 1. The van der Waals surface area contributed by atoms with Gasteiger partial charge in [0.2, 0.25) is 0 Å². The lowest BCUT2D eigenvalue weighted by atomic mass is 9.99. The number of amides is 2. The van der Waals surface area contributed by atoms with E-state index in [4.69, 9.17) is 10.00 Å². The van der Waals surface area contributed by atoms with Crippen LogP contribution >= 0.6 is 0 Å². The Labute approximate surface area is 207 Å². The van der Waals surface area contributed by atoms with Gasteiger partial charge in [-0.1, -0.05) is 36.4 Å². The molecule has 0 saturated carbocycles. The Morgan fingerprint density at radius 1 is 0.971 bits per heavy atom. The summed E-state index contributed by atoms with van der Waals surface area (Å²) in [5.74, 6) is 0.689. The lowest BCUT2D eigenvalue weighted by Crippen LogP contribution is -2.31. The van der Waals surface area contributed by atoms with Gasteiger partial charge in [-0.15, -0.1) is 0 Å². The fourth-order valence-corrected chi connectivity index (χ4v) is 5.37. The number of rotatable bonds is 6. The molecule has 3 aromatic rings. The number of anilines is 1. The van der Waals surface area contributed by atoms with Gasteiger partial charge in [0.05, 0.1) is 4.90 Å². The number of benzene rings is 3. The van der Waals surface area contributed by atoms with E-state index in [0.29, 0.717) is 17.3 Å². The molecule has 2 aliphatic rings. The summed E-state index contributed by atoms with van der Waals surface area (Å²) >= 11 is 0. The molecule has 1 atom stereocenters. The van der Waals surface area contributed by atoms with Crippen molar-refractivity contribution >= 4 is 22.7 Å². The van der Waals surface area contributed by atoms with Crippen LogP contribution in [-0.2, 0) is 43.3 Å². The Balaban J connectivity index is 0.000000917. The highest BCUT2D eigenvalue weighted by Crippen LogP contribution is 2.38. The van der Waals surface area contributed by atoms with Gasteiger partial charge in [-0.05, 0) is 90.6 Å². The first-order valence-corrected chi connectivity index (χ1v) is 12.8. The number of fused-ring (bicyclic) bond motifs is 2. The molecule has 0 fully saturated rings. The largest absolute Gasteiger partial charge is 0.489 e. The van der Waals surface area contributed by atoms with E-state index >= 15 is 0 Å². The molecule has 35 heavy (non-hydrogen) atoms. The molecule has 0 radical (unpaired) electrons. The number of urea groups is 1. The van der Waals surface area contributed by atoms with E-state index in [-0.39, 0.29) is 0 Å². The van der Waals surface area contributed by atoms with Crippen molar-refractivity contribution in [1.82, 2.24) is 4.72 Å². The smallest absolute Gasteiger partial charge is 0.331 e. The monoisotopic (exact) mass is 488 g/mol. The summed E-state index contributed by atoms with van der Waals surface area (Å²) in [6.07, 6.45) is 7.63. The number of hydrogen-bond donors (Lipinski definition) is 3. The number of nitrogens with two attached hydrogens (primary N) is 1. The predicted octanol–water partition coefficient (Wildman–Crippen LogP) is 4.51. The Kier molecular flexibility index (Phi) is 8.01. The molecule has 0 saturated heterocycles. The van der Waals surface area contributed by atoms with Gasteiger partial charge >= 0.3 is 6.03 Å². The van der Waals surface area contributed by atoms with Crippen molar-refractivity contribution in [3.05, 3.63) is 88.5 Å². The van der Waals surface area contributed by atoms with E-state index in [0.717, 1.165) is 49.8 Å². The second kappa shape index (κ2) is 11.5. The lowest BCUT2D eigenvalue weighted by molar-refractivity contribution is 0.257. The van der Waals surface area contributed by atoms with Gasteiger partial charge < -0.3 is 15.8 Å². The topological polar surface area (TPSA) is 117 Å². The van der Waals surface area contributed by atoms with Crippen molar-refractivity contribution in [2.45, 2.75) is 50.0 Å². The molecule has 5 rings (SSSR count). The molecule has 3 aromatic carbocycles. The molecular formula is C27H28N4O3S. The maximum Gasteiger partial charge on any atom is 0.331 e. The third-order valence-corrected chi connectivity index (χ3v) is 7.25. The summed E-state index contributed by atoms with van der Waals surface area (Å²) in [5, 5.41) is 10.1. The van der Waals surface area contributed by atoms with E-state index in [1.165, 1.54) is 28.4 Å². The molecule has 2 aliphatic carbocycles. The van der Waals surface area contributed by atoms with Crippen LogP contribution in [0.25, 0.3) is 0 Å². The number of nitriles is 1. The fourth-order valence-electron chi connectivity index (χ4n) is 4.65. The lowest BCUT2D eigenvalue weighted by Gasteiger charge is -2.16. The van der Waals surface area contributed by atoms with Crippen LogP contribution in [0.15, 0.2) is 65.6 Å². The Hall–Kier alpha value is -3.83. The zero-order valence-corrected chi connectivity index (χ0v) is 20.2. The summed E-state index contributed by atoms with van der Waals surface area (Å²) in [6, 6.07) is 18.8. The van der Waals surface area contributed by atoms with E-state index < -0.39 is 17.0 Å². The molecule has 0 aliphatic heterocycles. The standard InChI is InChI=1S/C26H26N2O3S.CH2N2/c29-26(27-25-23-10-4-8-19(23)16-20-9-5-11-24(20)25)28-32(30)22-14-12-21(13-15-22)31-17-18-6-2-1-3-7-18;2-1-3/h1-3,6-7,12-16H,4-5,8-11,17H2,(H2,27,28,29);2H2. The Morgan fingerprint density at radius 2 is 1.57 bits per heavy atom. The molecule has 0 spiro atoms. The molecule has 7 nitrogen and oxygen atoms in total. The maximum absolute atomic E-state index is 12.7. The second-order valence-corrected chi connectivity index (χ2v) is 9.65. The van der Waals surface area contributed by atoms with Crippen LogP contribution in [-0.4, -0.2) is 10.2 Å². The molecule has 2 amide bonds. The van der Waals surface area contributed by atoms with E-state index in [9.17, 15) is 9.00 Å². The first-order valence-electron chi connectivity index (χ1n) is 11.6. The Morgan fingerprint density at radius 3 is 2.17 bits per heavy atom. The summed E-state index contributed by atoms with van der Waals surface area (Å²) < 4.78 is 21.1. The molecule has 0 heterocycles. The summed E-state index contributed by atoms with van der Waals surface area (Å²) in [5.41, 5.74) is 11.4. The number of hydrogen-bond acceptors (Lipinski definition) is 5. The van der Waals surface area contributed by atoms with Crippen LogP contribution in [0.1, 0.15) is 40.7 Å². The molecule has 4 N–H and O–H groups in total. The minimum absolute atomic E-state index is 0.429. The summed E-state index contributed by atoms with van der Waals surface area (Å²) in [4.78, 5) is 13.2. The molecule has 0 bridgehead atoms. The van der Waals surface area contributed by atoms with Gasteiger partial charge in [-0.3, -0.25) is 4.72 Å². The second-order valence-electron chi connectivity index (χ2n) is 8.43. The number of nitrogens with zero attached hydrogens (tertiary/aromatic N) is 1. The zero-order chi connectivity index (χ0) is 24.6. The number of aryl methyl sites for hydroxylation is 2. The van der Waals surface area contributed by atoms with Gasteiger partial charge in [0.1, 0.15) is 12.4 Å². The quantitative estimate of drug-likeness (QED) is 0.349. The fraction of sp³-hybridized carbons (Fsp3) is 0.259. The molecular weight excluding hydrogens is 460 g/mol. The van der Waals surface area contributed by atoms with Crippen molar-refractivity contribution in [2.75, 3.05) is 5.32 Å². The first kappa shape index (κ1) is 24.3. The molecule has 180 valence electrons. The average molecular weight is 489 g/mol. The van der Waals surface area contributed by atoms with Crippen LogP contribution < -0.4 is 20.5 Å². The maximum atomic E-state index is 12.7. The predicted molar refractivity (Wildman–Crippen MR) is 136 cm³/mol. The normalized spacial score (nSPS) is 13.9. The van der Waals surface area contributed by atoms with Crippen LogP contribution in [0.4, 0.5) is 10.5 Å². The van der Waals surface area contributed by atoms with Crippen molar-refractivity contribution in [1.29, 1.82) is 5.26 Å². The van der Waals surface area contributed by atoms with Crippen LogP contribution in [0.2, 0.25) is 0 Å². The van der Waals surface area contributed by atoms with E-state index in [1.807, 2.05) is 30.3 Å². The van der Waals surface area contributed by atoms with Crippen molar-refractivity contribution in [2.24, 2.45) is 5.73 Å². The summed E-state index contributed by atoms with van der Waals surface area (Å²) in [6.45, 7) is 0.468. The van der Waals surface area contributed by atoms with Crippen LogP contribution in [0.3, 0.4) is 0 Å². The van der Waals surface area contributed by atoms with Gasteiger partial charge in [0, 0.05) is 5.69 Å². The Bertz CT molecular complexity index is 1220. The highest BCUT2D eigenvalue weighted by molar-refractivity contribution is 7.83. The molecule has 8 heteroatoms. The third-order valence-electron chi connectivity index (χ3n) is 6.18. The van der Waals surface area contributed by atoms with Crippen LogP contribution in [0.5, 0.6) is 5.75 Å². The van der Waals surface area contributed by atoms with Crippen molar-refractivity contribution < 1.29 is 13.7 Å². The number of nitrogens with one attached hydrogen (secondary N) is 2. The van der Waals surface area contributed by atoms with Gasteiger partial charge in [-0.2, -0.15) is 5.26 Å². The van der Waals surface area contributed by atoms with Crippen molar-refractivity contribution in [3.63, 3.8) is 0 Å². The van der Waals surface area contributed by atoms with Gasteiger partial charge in [0.25, 0.3) is 0 Å². The minimum Gasteiger partial charge on any atom is -0.489 e. The highest BCUT2D eigenvalue weighted by Gasteiger charge is 2.25. The average Bonchev–Trinajstić information content (AvgIpc) is 3.54. The molecule has 0 aromatic heterocycles. The number of carbonyl (C=O) groups is 1. The SMILES string of the molecule is N#CN.O=C(Nc1c2c(cc3c1CCC3)CCC2)NS(=O)c1ccc(OCc2ccccc2)cc1. The minimum atomic E-state index is -1.65. The first-order chi connectivity index (χ1) is 17.1. The van der Waals surface area contributed by atoms with Crippen molar-refractivity contribution in [3.8, 4) is 11.9 Å². The highest BCUT2D eigenvalue weighted by atomic mass is 32.2. The van der Waals surface area contributed by atoms with Crippen LogP contribution in [0, 0.1) is 11.5 Å². The third kappa shape index (κ3) is 6.00. The molecule has 1 unspecified atom stereocenters. The van der Waals surface area contributed by atoms with E-state index in [1.54, 1.807) is 24.3 Å². The number of ether oxygens (including phenoxy) is 1.